The SMILES string of the molecule is CC(C)[C@H](CO)Nc1ncnc2[nH]c(-c3ccc4cc[nH]c4c3)cc12. The molecule has 25 heavy (non-hydrogen) atoms. The summed E-state index contributed by atoms with van der Waals surface area (Å²) in [5.74, 6) is 1.03. The fraction of sp³-hybridized carbons (Fsp3) is 0.263. The van der Waals surface area contributed by atoms with Gasteiger partial charge in [-0.25, -0.2) is 9.97 Å². The monoisotopic (exact) mass is 335 g/mol. The van der Waals surface area contributed by atoms with Gasteiger partial charge in [0, 0.05) is 23.0 Å². The second kappa shape index (κ2) is 6.22. The molecular formula is C19H21N5O. The van der Waals surface area contributed by atoms with Gasteiger partial charge >= 0.3 is 0 Å². The summed E-state index contributed by atoms with van der Waals surface area (Å²) in [7, 11) is 0. The molecule has 0 aliphatic carbocycles. The van der Waals surface area contributed by atoms with E-state index >= 15 is 0 Å². The van der Waals surface area contributed by atoms with Crippen LogP contribution in [0.1, 0.15) is 13.8 Å². The maximum absolute atomic E-state index is 9.58. The normalized spacial score (nSPS) is 13.0. The highest BCUT2D eigenvalue weighted by Gasteiger charge is 2.16. The van der Waals surface area contributed by atoms with E-state index in [9.17, 15) is 5.11 Å². The van der Waals surface area contributed by atoms with Crippen LogP contribution < -0.4 is 5.32 Å². The zero-order valence-corrected chi connectivity index (χ0v) is 14.2. The Morgan fingerprint density at radius 2 is 2.04 bits per heavy atom. The fourth-order valence-electron chi connectivity index (χ4n) is 3.02. The first kappa shape index (κ1) is 15.7. The van der Waals surface area contributed by atoms with Gasteiger partial charge in [-0.15, -0.1) is 0 Å². The number of aliphatic hydroxyl groups excluding tert-OH is 1. The molecule has 128 valence electrons. The number of hydrogen-bond acceptors (Lipinski definition) is 4. The van der Waals surface area contributed by atoms with Crippen LogP contribution in [0.25, 0.3) is 33.2 Å². The largest absolute Gasteiger partial charge is 0.394 e. The van der Waals surface area contributed by atoms with Gasteiger partial charge in [0.2, 0.25) is 0 Å². The molecule has 4 aromatic rings. The van der Waals surface area contributed by atoms with Gasteiger partial charge in [0.15, 0.2) is 0 Å². The van der Waals surface area contributed by atoms with Crippen LogP contribution in [-0.4, -0.2) is 37.7 Å². The maximum atomic E-state index is 9.58. The van der Waals surface area contributed by atoms with Crippen molar-refractivity contribution in [1.29, 1.82) is 0 Å². The van der Waals surface area contributed by atoms with Crippen molar-refractivity contribution < 1.29 is 5.11 Å². The number of fused-ring (bicyclic) bond motifs is 2. The van der Waals surface area contributed by atoms with Gasteiger partial charge in [-0.3, -0.25) is 0 Å². The van der Waals surface area contributed by atoms with Crippen molar-refractivity contribution in [3.05, 3.63) is 42.9 Å². The first-order valence-corrected chi connectivity index (χ1v) is 8.44. The molecule has 4 N–H and O–H groups in total. The van der Waals surface area contributed by atoms with E-state index < -0.39 is 0 Å². The number of nitrogens with zero attached hydrogens (tertiary/aromatic N) is 2. The van der Waals surface area contributed by atoms with Gasteiger partial charge in [0.05, 0.1) is 18.0 Å². The zero-order valence-electron chi connectivity index (χ0n) is 14.2. The van der Waals surface area contributed by atoms with Crippen LogP contribution in [0.15, 0.2) is 42.9 Å². The molecule has 1 aromatic carbocycles. The van der Waals surface area contributed by atoms with Crippen molar-refractivity contribution in [2.75, 3.05) is 11.9 Å². The smallest absolute Gasteiger partial charge is 0.143 e. The zero-order chi connectivity index (χ0) is 17.4. The van der Waals surface area contributed by atoms with Gasteiger partial charge in [-0.1, -0.05) is 26.0 Å². The third-order valence-corrected chi connectivity index (χ3v) is 4.62. The number of hydrogen-bond donors (Lipinski definition) is 4. The van der Waals surface area contributed by atoms with Crippen LogP contribution in [0.2, 0.25) is 0 Å². The molecule has 0 amide bonds. The molecule has 0 radical (unpaired) electrons. The molecule has 6 heteroatoms. The molecule has 0 bridgehead atoms. The molecule has 3 aromatic heterocycles. The number of H-pyrrole nitrogens is 2. The van der Waals surface area contributed by atoms with Gasteiger partial charge in [-0.05, 0) is 29.5 Å². The predicted molar refractivity (Wildman–Crippen MR) is 101 cm³/mol. The highest BCUT2D eigenvalue weighted by molar-refractivity contribution is 5.93. The first-order valence-electron chi connectivity index (χ1n) is 8.44. The van der Waals surface area contributed by atoms with Crippen molar-refractivity contribution in [2.45, 2.75) is 19.9 Å². The number of aromatic nitrogens is 4. The number of aromatic amines is 2. The molecular weight excluding hydrogens is 314 g/mol. The molecule has 0 fully saturated rings. The van der Waals surface area contributed by atoms with Gasteiger partial charge in [-0.2, -0.15) is 0 Å². The number of rotatable bonds is 5. The molecule has 0 saturated carbocycles. The van der Waals surface area contributed by atoms with E-state index in [1.54, 1.807) is 0 Å². The Labute approximate surface area is 145 Å². The standard InChI is InChI=1S/C19H21N5O/c1-11(2)17(9-25)24-19-14-8-16(23-18(14)21-10-22-19)13-4-3-12-5-6-20-15(12)7-13/h3-8,10-11,17,20,25H,9H2,1-2H3,(H2,21,22,23,24)/t17-/m0/s1. The molecule has 4 rings (SSSR count). The highest BCUT2D eigenvalue weighted by atomic mass is 16.3. The van der Waals surface area contributed by atoms with Crippen LogP contribution in [0.5, 0.6) is 0 Å². The van der Waals surface area contributed by atoms with Crippen molar-refractivity contribution in [3.63, 3.8) is 0 Å². The minimum atomic E-state index is -0.0493. The number of anilines is 1. The van der Waals surface area contributed by atoms with E-state index in [1.807, 2.05) is 6.20 Å². The molecule has 0 saturated heterocycles. The topological polar surface area (TPSA) is 89.6 Å². The summed E-state index contributed by atoms with van der Waals surface area (Å²) in [4.78, 5) is 15.3. The summed E-state index contributed by atoms with van der Waals surface area (Å²) < 4.78 is 0. The lowest BCUT2D eigenvalue weighted by atomic mass is 10.1. The summed E-state index contributed by atoms with van der Waals surface area (Å²) in [5.41, 5.74) is 3.95. The summed E-state index contributed by atoms with van der Waals surface area (Å²) in [6.45, 7) is 4.20. The molecule has 6 nitrogen and oxygen atoms in total. The molecule has 0 spiro atoms. The van der Waals surface area contributed by atoms with E-state index in [-0.39, 0.29) is 12.6 Å². The fourth-order valence-corrected chi connectivity index (χ4v) is 3.02. The second-order valence-electron chi connectivity index (χ2n) is 6.62. The van der Waals surface area contributed by atoms with Crippen LogP contribution in [-0.2, 0) is 0 Å². The van der Waals surface area contributed by atoms with Crippen molar-refractivity contribution in [2.24, 2.45) is 5.92 Å². The third-order valence-electron chi connectivity index (χ3n) is 4.62. The quantitative estimate of drug-likeness (QED) is 0.449. The molecule has 3 heterocycles. The third kappa shape index (κ3) is 2.85. The first-order chi connectivity index (χ1) is 12.2. The molecule has 0 unspecified atom stereocenters. The lowest BCUT2D eigenvalue weighted by molar-refractivity contribution is 0.249. The van der Waals surface area contributed by atoms with Gasteiger partial charge < -0.3 is 20.4 Å². The van der Waals surface area contributed by atoms with E-state index in [2.05, 4.69) is 69.4 Å². The van der Waals surface area contributed by atoms with Crippen LogP contribution in [0, 0.1) is 5.92 Å². The van der Waals surface area contributed by atoms with Crippen molar-refractivity contribution in [3.8, 4) is 11.3 Å². The Morgan fingerprint density at radius 3 is 2.84 bits per heavy atom. The highest BCUT2D eigenvalue weighted by Crippen LogP contribution is 2.29. The molecule has 0 aliphatic rings. The second-order valence-corrected chi connectivity index (χ2v) is 6.62. The predicted octanol–water partition coefficient (Wildman–Crippen LogP) is 3.54. The molecule has 1 atom stereocenters. The Hall–Kier alpha value is -2.86. The Bertz CT molecular complexity index is 1020. The van der Waals surface area contributed by atoms with E-state index in [4.69, 9.17) is 0 Å². The average molecular weight is 335 g/mol. The van der Waals surface area contributed by atoms with Crippen molar-refractivity contribution in [1.82, 2.24) is 19.9 Å². The average Bonchev–Trinajstić information content (AvgIpc) is 3.25. The lowest BCUT2D eigenvalue weighted by Gasteiger charge is -2.20. The minimum Gasteiger partial charge on any atom is -0.394 e. The summed E-state index contributed by atoms with van der Waals surface area (Å²) in [6, 6.07) is 10.4. The Balaban J connectivity index is 1.75. The Kier molecular flexibility index (Phi) is 3.89. The van der Waals surface area contributed by atoms with Gasteiger partial charge in [0.25, 0.3) is 0 Å². The van der Waals surface area contributed by atoms with Gasteiger partial charge in [0.1, 0.15) is 17.8 Å². The van der Waals surface area contributed by atoms with E-state index in [0.717, 1.165) is 33.6 Å². The van der Waals surface area contributed by atoms with Crippen LogP contribution in [0.4, 0.5) is 5.82 Å². The van der Waals surface area contributed by atoms with Crippen molar-refractivity contribution >= 4 is 27.8 Å². The van der Waals surface area contributed by atoms with Crippen LogP contribution in [0.3, 0.4) is 0 Å². The molecule has 0 aliphatic heterocycles. The minimum absolute atomic E-state index is 0.0493. The number of aliphatic hydroxyl groups is 1. The van der Waals surface area contributed by atoms with E-state index in [1.165, 1.54) is 11.7 Å². The van der Waals surface area contributed by atoms with E-state index in [0.29, 0.717) is 5.92 Å². The number of nitrogens with one attached hydrogen (secondary N) is 3. The lowest BCUT2D eigenvalue weighted by Crippen LogP contribution is -2.29. The Morgan fingerprint density at radius 1 is 1.16 bits per heavy atom. The summed E-state index contributed by atoms with van der Waals surface area (Å²) in [6.07, 6.45) is 3.47. The van der Waals surface area contributed by atoms with Crippen LogP contribution >= 0.6 is 0 Å². The summed E-state index contributed by atoms with van der Waals surface area (Å²) in [5, 5.41) is 15.0. The number of benzene rings is 1. The summed E-state index contributed by atoms with van der Waals surface area (Å²) >= 11 is 0. The maximum Gasteiger partial charge on any atom is 0.143 e.